The third-order valence-corrected chi connectivity index (χ3v) is 4.37. The fraction of sp³-hybridized carbons (Fsp3) is 0.316. The minimum atomic E-state index is -0.296. The number of hydrogen-bond donors (Lipinski definition) is 0. The molecule has 24 heavy (non-hydrogen) atoms. The highest BCUT2D eigenvalue weighted by molar-refractivity contribution is 9.10. The van der Waals surface area contributed by atoms with E-state index < -0.39 is 0 Å². The van der Waals surface area contributed by atoms with Crippen LogP contribution in [0.4, 0.5) is 0 Å². The van der Waals surface area contributed by atoms with Crippen molar-refractivity contribution in [2.24, 2.45) is 0 Å². The van der Waals surface area contributed by atoms with Crippen LogP contribution < -0.4 is 0 Å². The molecule has 0 amide bonds. The summed E-state index contributed by atoms with van der Waals surface area (Å²) in [5.41, 5.74) is 2.83. The Morgan fingerprint density at radius 2 is 1.58 bits per heavy atom. The third kappa shape index (κ3) is 5.93. The number of benzene rings is 2. The van der Waals surface area contributed by atoms with Crippen LogP contribution in [0.1, 0.15) is 35.3 Å². The monoisotopic (exact) mass is 411 g/mol. The van der Waals surface area contributed by atoms with E-state index in [2.05, 4.69) is 40.7 Å². The largest absolute Gasteiger partial charge is 0.457 e. The van der Waals surface area contributed by atoms with Gasteiger partial charge in [-0.05, 0) is 48.5 Å². The van der Waals surface area contributed by atoms with Crippen LogP contribution in [0, 0.1) is 0 Å². The number of esters is 1. The molecule has 5 heteroatoms. The highest BCUT2D eigenvalue weighted by Crippen LogP contribution is 2.15. The van der Waals surface area contributed by atoms with Crippen LogP contribution in [0.2, 0.25) is 0 Å². The Bertz CT molecular complexity index is 642. The van der Waals surface area contributed by atoms with Crippen molar-refractivity contribution in [3.8, 4) is 0 Å². The number of halogens is 2. The minimum absolute atomic E-state index is 0. The molecular weight excluding hydrogens is 390 g/mol. The van der Waals surface area contributed by atoms with Crippen LogP contribution >= 0.6 is 28.3 Å². The topological polar surface area (TPSA) is 29.5 Å². The lowest BCUT2D eigenvalue weighted by Crippen LogP contribution is -2.23. The Labute approximate surface area is 158 Å². The molecule has 0 aliphatic heterocycles. The van der Waals surface area contributed by atoms with Crippen molar-refractivity contribution in [3.63, 3.8) is 0 Å². The highest BCUT2D eigenvalue weighted by Gasteiger charge is 2.10. The molecule has 3 nitrogen and oxygen atoms in total. The van der Waals surface area contributed by atoms with E-state index in [0.29, 0.717) is 12.2 Å². The molecule has 130 valence electrons. The second-order valence-electron chi connectivity index (χ2n) is 5.31. The molecule has 0 spiro atoms. The number of carbonyl (C=O) groups is 1. The van der Waals surface area contributed by atoms with Crippen LogP contribution in [0.25, 0.3) is 0 Å². The number of carbonyl (C=O) groups excluding carboxylic acids is 1. The van der Waals surface area contributed by atoms with Crippen molar-refractivity contribution < 1.29 is 9.53 Å². The molecule has 0 heterocycles. The van der Waals surface area contributed by atoms with Gasteiger partial charge in [0.05, 0.1) is 5.56 Å². The summed E-state index contributed by atoms with van der Waals surface area (Å²) in [4.78, 5) is 14.5. The molecular formula is C19H23BrClNO2. The Balaban J connectivity index is 0.00000288. The molecule has 2 rings (SSSR count). The first-order chi connectivity index (χ1) is 11.1. The van der Waals surface area contributed by atoms with Crippen LogP contribution in [0.3, 0.4) is 0 Å². The van der Waals surface area contributed by atoms with Gasteiger partial charge in [0, 0.05) is 11.0 Å². The van der Waals surface area contributed by atoms with E-state index in [-0.39, 0.29) is 18.4 Å². The molecule has 0 N–H and O–H groups in total. The standard InChI is InChI=1S/C19H22BrNO2.ClH/c1-3-21(4-2)13-16-7-5-6-8-17(16)14-23-19(22)15-9-11-18(20)12-10-15;/h5-12H,3-4,13-14H2,1-2H3;1H. The van der Waals surface area contributed by atoms with E-state index in [1.54, 1.807) is 12.1 Å². The van der Waals surface area contributed by atoms with E-state index in [1.807, 2.05) is 30.3 Å². The van der Waals surface area contributed by atoms with Gasteiger partial charge in [0.15, 0.2) is 0 Å². The summed E-state index contributed by atoms with van der Waals surface area (Å²) in [5.74, 6) is -0.296. The molecule has 2 aromatic carbocycles. The van der Waals surface area contributed by atoms with Gasteiger partial charge in [-0.2, -0.15) is 0 Å². The van der Waals surface area contributed by atoms with Gasteiger partial charge in [-0.1, -0.05) is 54.0 Å². The third-order valence-electron chi connectivity index (χ3n) is 3.85. The Kier molecular flexibility index (Phi) is 9.04. The summed E-state index contributed by atoms with van der Waals surface area (Å²) in [5, 5.41) is 0. The van der Waals surface area contributed by atoms with Crippen molar-refractivity contribution in [3.05, 3.63) is 69.7 Å². The fourth-order valence-electron chi connectivity index (χ4n) is 2.35. The highest BCUT2D eigenvalue weighted by atomic mass is 79.9. The first kappa shape index (κ1) is 20.7. The van der Waals surface area contributed by atoms with Crippen molar-refractivity contribution in [1.29, 1.82) is 0 Å². The van der Waals surface area contributed by atoms with Crippen molar-refractivity contribution in [2.45, 2.75) is 27.0 Å². The lowest BCUT2D eigenvalue weighted by molar-refractivity contribution is 0.0471. The van der Waals surface area contributed by atoms with Crippen molar-refractivity contribution in [2.75, 3.05) is 13.1 Å². The summed E-state index contributed by atoms with van der Waals surface area (Å²) in [6.45, 7) is 7.48. The van der Waals surface area contributed by atoms with E-state index in [0.717, 1.165) is 29.7 Å². The first-order valence-electron chi connectivity index (χ1n) is 7.85. The minimum Gasteiger partial charge on any atom is -0.457 e. The van der Waals surface area contributed by atoms with E-state index in [9.17, 15) is 4.79 Å². The smallest absolute Gasteiger partial charge is 0.338 e. The van der Waals surface area contributed by atoms with Crippen LogP contribution in [0.15, 0.2) is 53.0 Å². The average molecular weight is 413 g/mol. The van der Waals surface area contributed by atoms with E-state index in [4.69, 9.17) is 4.74 Å². The normalized spacial score (nSPS) is 10.3. The second-order valence-corrected chi connectivity index (χ2v) is 6.23. The molecule has 0 radical (unpaired) electrons. The van der Waals surface area contributed by atoms with Gasteiger partial charge < -0.3 is 4.74 Å². The SMILES string of the molecule is CCN(CC)Cc1ccccc1COC(=O)c1ccc(Br)cc1.Cl. The van der Waals surface area contributed by atoms with Gasteiger partial charge in [-0.25, -0.2) is 4.79 Å². The van der Waals surface area contributed by atoms with Gasteiger partial charge in [0.1, 0.15) is 6.61 Å². The van der Waals surface area contributed by atoms with Gasteiger partial charge in [0.2, 0.25) is 0 Å². The molecule has 0 aliphatic rings. The Morgan fingerprint density at radius 3 is 2.17 bits per heavy atom. The maximum atomic E-state index is 12.1. The maximum absolute atomic E-state index is 12.1. The molecule has 0 saturated carbocycles. The molecule has 0 bridgehead atoms. The van der Waals surface area contributed by atoms with E-state index >= 15 is 0 Å². The summed E-state index contributed by atoms with van der Waals surface area (Å²) in [6.07, 6.45) is 0. The Morgan fingerprint density at radius 1 is 1.00 bits per heavy atom. The summed E-state index contributed by atoms with van der Waals surface area (Å²) >= 11 is 3.36. The predicted octanol–water partition coefficient (Wildman–Crippen LogP) is 5.07. The zero-order valence-corrected chi connectivity index (χ0v) is 16.4. The van der Waals surface area contributed by atoms with Gasteiger partial charge >= 0.3 is 5.97 Å². The molecule has 0 fully saturated rings. The molecule has 0 aromatic heterocycles. The quantitative estimate of drug-likeness (QED) is 0.595. The number of ether oxygens (including phenoxy) is 1. The number of rotatable bonds is 7. The van der Waals surface area contributed by atoms with E-state index in [1.165, 1.54) is 5.56 Å². The van der Waals surface area contributed by atoms with Gasteiger partial charge in [-0.15, -0.1) is 12.4 Å². The number of hydrogen-bond acceptors (Lipinski definition) is 3. The fourth-order valence-corrected chi connectivity index (χ4v) is 2.62. The van der Waals surface area contributed by atoms with Crippen molar-refractivity contribution >= 4 is 34.3 Å². The molecule has 0 unspecified atom stereocenters. The summed E-state index contributed by atoms with van der Waals surface area (Å²) in [6, 6.07) is 15.3. The lowest BCUT2D eigenvalue weighted by atomic mass is 10.1. The summed E-state index contributed by atoms with van der Waals surface area (Å²) in [7, 11) is 0. The zero-order chi connectivity index (χ0) is 16.7. The average Bonchev–Trinajstić information content (AvgIpc) is 2.59. The zero-order valence-electron chi connectivity index (χ0n) is 14.0. The molecule has 0 saturated heterocycles. The van der Waals surface area contributed by atoms with Crippen LogP contribution in [0.5, 0.6) is 0 Å². The van der Waals surface area contributed by atoms with Crippen molar-refractivity contribution in [1.82, 2.24) is 4.90 Å². The molecule has 0 atom stereocenters. The Hall–Kier alpha value is -1.36. The maximum Gasteiger partial charge on any atom is 0.338 e. The van der Waals surface area contributed by atoms with Crippen LogP contribution in [-0.4, -0.2) is 24.0 Å². The lowest BCUT2D eigenvalue weighted by Gasteiger charge is -2.20. The van der Waals surface area contributed by atoms with Crippen LogP contribution in [-0.2, 0) is 17.9 Å². The molecule has 2 aromatic rings. The first-order valence-corrected chi connectivity index (χ1v) is 8.65. The second kappa shape index (κ2) is 10.5. The van der Waals surface area contributed by atoms with Gasteiger partial charge in [-0.3, -0.25) is 4.90 Å². The summed E-state index contributed by atoms with van der Waals surface area (Å²) < 4.78 is 6.41. The van der Waals surface area contributed by atoms with Gasteiger partial charge in [0.25, 0.3) is 0 Å². The predicted molar refractivity (Wildman–Crippen MR) is 104 cm³/mol. The molecule has 0 aliphatic carbocycles. The number of nitrogens with zero attached hydrogens (tertiary/aromatic N) is 1.